The van der Waals surface area contributed by atoms with Crippen molar-refractivity contribution in [3.8, 4) is 5.75 Å². The van der Waals surface area contributed by atoms with Crippen LogP contribution in [0, 0.1) is 0 Å². The first-order valence-electron chi connectivity index (χ1n) is 5.09. The summed E-state index contributed by atoms with van der Waals surface area (Å²) in [5, 5.41) is 12.4. The Morgan fingerprint density at radius 2 is 2.06 bits per heavy atom. The molecule has 0 atom stereocenters. The predicted molar refractivity (Wildman–Crippen MR) is 63.9 cm³/mol. The van der Waals surface area contributed by atoms with Crippen LogP contribution in [0.3, 0.4) is 0 Å². The van der Waals surface area contributed by atoms with Crippen molar-refractivity contribution >= 4 is 12.1 Å². The number of anilines is 1. The van der Waals surface area contributed by atoms with Gasteiger partial charge in [-0.15, -0.1) is 0 Å². The Morgan fingerprint density at radius 3 is 2.62 bits per heavy atom. The molecule has 0 heterocycles. The summed E-state index contributed by atoms with van der Waals surface area (Å²) in [7, 11) is 0. The number of carbonyl (C=O) groups is 1. The zero-order valence-corrected chi connectivity index (χ0v) is 9.42. The van der Waals surface area contributed by atoms with Gasteiger partial charge in [0.25, 0.3) is 0 Å². The summed E-state index contributed by atoms with van der Waals surface area (Å²) in [5.74, 6) is 0.175. The number of rotatable bonds is 5. The van der Waals surface area contributed by atoms with E-state index in [-0.39, 0.29) is 11.8 Å². The minimum atomic E-state index is 0.111. The number of nitrogens with one attached hydrogen (secondary N) is 1. The van der Waals surface area contributed by atoms with E-state index < -0.39 is 0 Å². The van der Waals surface area contributed by atoms with Gasteiger partial charge in [0, 0.05) is 18.4 Å². The van der Waals surface area contributed by atoms with Gasteiger partial charge in [0.2, 0.25) is 6.41 Å². The second-order valence-electron chi connectivity index (χ2n) is 3.62. The maximum Gasteiger partial charge on any atom is 0.213 e. The Bertz CT molecular complexity index is 375. The second kappa shape index (κ2) is 5.80. The maximum atomic E-state index is 10.7. The van der Waals surface area contributed by atoms with E-state index in [4.69, 9.17) is 0 Å². The quantitative estimate of drug-likeness (QED) is 0.590. The lowest BCUT2D eigenvalue weighted by molar-refractivity contribution is -0.117. The molecule has 1 rings (SSSR count). The highest BCUT2D eigenvalue weighted by Crippen LogP contribution is 2.21. The highest BCUT2D eigenvalue weighted by atomic mass is 16.3. The van der Waals surface area contributed by atoms with Gasteiger partial charge in [-0.1, -0.05) is 12.1 Å². The van der Waals surface area contributed by atoms with Crippen LogP contribution in [0.15, 0.2) is 36.7 Å². The first kappa shape index (κ1) is 12.1. The second-order valence-corrected chi connectivity index (χ2v) is 3.62. The average molecular weight is 220 g/mol. The number of aromatic hydroxyl groups is 1. The molecule has 0 saturated carbocycles. The van der Waals surface area contributed by atoms with Gasteiger partial charge < -0.3 is 15.3 Å². The van der Waals surface area contributed by atoms with Crippen LogP contribution in [0.4, 0.5) is 5.69 Å². The fourth-order valence-corrected chi connectivity index (χ4v) is 1.14. The average Bonchev–Trinajstić information content (AvgIpc) is 2.26. The molecular formula is C12H16N2O2. The lowest BCUT2D eigenvalue weighted by Gasteiger charge is -2.16. The minimum absolute atomic E-state index is 0.111. The molecule has 0 fully saturated rings. The Hall–Kier alpha value is -1.97. The van der Waals surface area contributed by atoms with Crippen molar-refractivity contribution in [2.24, 2.45) is 0 Å². The van der Waals surface area contributed by atoms with E-state index >= 15 is 0 Å². The molecule has 0 spiro atoms. The summed E-state index contributed by atoms with van der Waals surface area (Å²) in [5.41, 5.74) is 0.605. The summed E-state index contributed by atoms with van der Waals surface area (Å²) in [6, 6.07) is 7.02. The molecule has 0 radical (unpaired) electrons. The largest absolute Gasteiger partial charge is 0.506 e. The van der Waals surface area contributed by atoms with Gasteiger partial charge in [0.05, 0.1) is 5.69 Å². The van der Waals surface area contributed by atoms with Gasteiger partial charge in [-0.2, -0.15) is 0 Å². The van der Waals surface area contributed by atoms with Crippen LogP contribution < -0.4 is 5.32 Å². The van der Waals surface area contributed by atoms with Crippen molar-refractivity contribution in [3.63, 3.8) is 0 Å². The van der Waals surface area contributed by atoms with Gasteiger partial charge in [0.1, 0.15) is 5.75 Å². The van der Waals surface area contributed by atoms with E-state index in [1.54, 1.807) is 30.6 Å². The first-order valence-corrected chi connectivity index (χ1v) is 5.09. The lowest BCUT2D eigenvalue weighted by Crippen LogP contribution is -2.23. The molecule has 1 amide bonds. The number of benzene rings is 1. The summed E-state index contributed by atoms with van der Waals surface area (Å²) >= 11 is 0. The summed E-state index contributed by atoms with van der Waals surface area (Å²) in [6.45, 7) is 3.83. The SMILES string of the molecule is CC(C)N(C=O)C=CNc1ccccc1O. The van der Waals surface area contributed by atoms with E-state index in [0.29, 0.717) is 5.69 Å². The van der Waals surface area contributed by atoms with Crippen molar-refractivity contribution in [2.75, 3.05) is 5.32 Å². The van der Waals surface area contributed by atoms with Crippen LogP contribution in [0.2, 0.25) is 0 Å². The molecule has 0 aromatic heterocycles. The number of hydrogen-bond acceptors (Lipinski definition) is 3. The summed E-state index contributed by atoms with van der Waals surface area (Å²) in [4.78, 5) is 12.2. The predicted octanol–water partition coefficient (Wildman–Crippen LogP) is 2.14. The van der Waals surface area contributed by atoms with Crippen molar-refractivity contribution in [1.29, 1.82) is 0 Å². The van der Waals surface area contributed by atoms with Gasteiger partial charge >= 0.3 is 0 Å². The molecule has 0 bridgehead atoms. The molecular weight excluding hydrogens is 204 g/mol. The van der Waals surface area contributed by atoms with Crippen LogP contribution in [-0.2, 0) is 4.79 Å². The van der Waals surface area contributed by atoms with Gasteiger partial charge in [-0.25, -0.2) is 0 Å². The van der Waals surface area contributed by atoms with Crippen molar-refractivity contribution < 1.29 is 9.90 Å². The van der Waals surface area contributed by atoms with Gasteiger partial charge in [-0.05, 0) is 26.0 Å². The topological polar surface area (TPSA) is 52.6 Å². The highest BCUT2D eigenvalue weighted by molar-refractivity contribution is 5.57. The molecule has 1 aromatic rings. The van der Waals surface area contributed by atoms with Gasteiger partial charge in [-0.3, -0.25) is 4.79 Å². The fraction of sp³-hybridized carbons (Fsp3) is 0.250. The van der Waals surface area contributed by atoms with Crippen molar-refractivity contribution in [3.05, 3.63) is 36.7 Å². The van der Waals surface area contributed by atoms with Crippen LogP contribution in [0.1, 0.15) is 13.8 Å². The lowest BCUT2D eigenvalue weighted by atomic mass is 10.3. The molecule has 16 heavy (non-hydrogen) atoms. The monoisotopic (exact) mass is 220 g/mol. The summed E-state index contributed by atoms with van der Waals surface area (Å²) in [6.07, 6.45) is 4.00. The molecule has 4 nitrogen and oxygen atoms in total. The minimum Gasteiger partial charge on any atom is -0.506 e. The summed E-state index contributed by atoms with van der Waals surface area (Å²) < 4.78 is 0. The molecule has 0 aliphatic rings. The third kappa shape index (κ3) is 3.31. The van der Waals surface area contributed by atoms with E-state index in [1.165, 1.54) is 4.90 Å². The van der Waals surface area contributed by atoms with Gasteiger partial charge in [0.15, 0.2) is 0 Å². The number of hydrogen-bond donors (Lipinski definition) is 2. The molecule has 4 heteroatoms. The standard InChI is InChI=1S/C12H16N2O2/c1-10(2)14(9-15)8-7-13-11-5-3-4-6-12(11)16/h3-10,13,16H,1-2H3. The number of nitrogens with zero attached hydrogens (tertiary/aromatic N) is 1. The zero-order chi connectivity index (χ0) is 12.0. The third-order valence-corrected chi connectivity index (χ3v) is 2.11. The zero-order valence-electron chi connectivity index (χ0n) is 9.42. The fourth-order valence-electron chi connectivity index (χ4n) is 1.14. The van der Waals surface area contributed by atoms with Crippen LogP contribution >= 0.6 is 0 Å². The van der Waals surface area contributed by atoms with Crippen molar-refractivity contribution in [1.82, 2.24) is 4.90 Å². The van der Waals surface area contributed by atoms with Crippen LogP contribution in [-0.4, -0.2) is 22.5 Å². The number of para-hydroxylation sites is 2. The van der Waals surface area contributed by atoms with Crippen LogP contribution in [0.25, 0.3) is 0 Å². The van der Waals surface area contributed by atoms with E-state index in [2.05, 4.69) is 5.32 Å². The normalized spacial score (nSPS) is 10.7. The Labute approximate surface area is 95.2 Å². The van der Waals surface area contributed by atoms with Crippen LogP contribution in [0.5, 0.6) is 5.75 Å². The Kier molecular flexibility index (Phi) is 4.39. The third-order valence-electron chi connectivity index (χ3n) is 2.11. The number of phenolic OH excluding ortho intramolecular Hbond substituents is 1. The van der Waals surface area contributed by atoms with Crippen molar-refractivity contribution in [2.45, 2.75) is 19.9 Å². The number of phenols is 1. The molecule has 0 aliphatic heterocycles. The maximum absolute atomic E-state index is 10.7. The Morgan fingerprint density at radius 1 is 1.38 bits per heavy atom. The number of carbonyl (C=O) groups excluding carboxylic acids is 1. The van der Waals surface area contributed by atoms with E-state index in [0.717, 1.165) is 6.41 Å². The first-order chi connectivity index (χ1) is 7.65. The number of amides is 1. The Balaban J connectivity index is 2.60. The molecule has 2 N–H and O–H groups in total. The molecule has 86 valence electrons. The molecule has 1 aromatic carbocycles. The highest BCUT2D eigenvalue weighted by Gasteiger charge is 2.01. The molecule has 0 saturated heterocycles. The molecule has 0 aliphatic carbocycles. The van der Waals surface area contributed by atoms with E-state index in [1.807, 2.05) is 19.9 Å². The smallest absolute Gasteiger partial charge is 0.213 e. The van der Waals surface area contributed by atoms with E-state index in [9.17, 15) is 9.90 Å². The molecule has 0 unspecified atom stereocenters.